The number of rotatable bonds is 6. The van der Waals surface area contributed by atoms with Crippen molar-refractivity contribution in [2.24, 2.45) is 4.99 Å². The molecule has 0 aromatic carbocycles. The average molecular weight is 392 g/mol. The molecule has 0 radical (unpaired) electrons. The standard InChI is InChI=1S/C11H14ClN3O2S.C5H9Cl/c1-3-7(12)6-14-11-15-10(17)8(18-11)5-9(16)13-4-2;1-3-5(6)4-2/h3,5H,4,6H2,1-2H3,(H,13,16)(H,14,15,17);3,5H,1,4H2,2H3/b7-3+,8-5-;. The van der Waals surface area contributed by atoms with Gasteiger partial charge in [-0.25, -0.2) is 0 Å². The SMILES string of the molecule is C/C=C(/Cl)CN=C1NC(=O)/C(=C/C(=O)NCC)S1.C=CC(Cl)CC. The minimum atomic E-state index is -0.318. The van der Waals surface area contributed by atoms with E-state index in [4.69, 9.17) is 23.2 Å². The Morgan fingerprint density at radius 3 is 2.62 bits per heavy atom. The van der Waals surface area contributed by atoms with Crippen molar-refractivity contribution in [1.29, 1.82) is 0 Å². The maximum absolute atomic E-state index is 11.5. The van der Waals surface area contributed by atoms with Crippen LogP contribution in [-0.4, -0.2) is 35.4 Å². The van der Waals surface area contributed by atoms with Gasteiger partial charge in [-0.05, 0) is 32.0 Å². The van der Waals surface area contributed by atoms with Crippen LogP contribution in [-0.2, 0) is 9.59 Å². The zero-order valence-electron chi connectivity index (χ0n) is 14.1. The van der Waals surface area contributed by atoms with Gasteiger partial charge < -0.3 is 10.6 Å². The predicted octanol–water partition coefficient (Wildman–Crippen LogP) is 3.56. The highest BCUT2D eigenvalue weighted by Crippen LogP contribution is 2.23. The number of hydrogen-bond donors (Lipinski definition) is 2. The van der Waals surface area contributed by atoms with Crippen LogP contribution < -0.4 is 10.6 Å². The van der Waals surface area contributed by atoms with Crippen LogP contribution in [0.15, 0.2) is 39.7 Å². The molecule has 0 bridgehead atoms. The number of amidine groups is 1. The van der Waals surface area contributed by atoms with Gasteiger partial charge in [-0.3, -0.25) is 14.6 Å². The van der Waals surface area contributed by atoms with Gasteiger partial charge in [0.2, 0.25) is 5.91 Å². The number of amides is 2. The molecule has 8 heteroatoms. The summed E-state index contributed by atoms with van der Waals surface area (Å²) in [6, 6.07) is 0. The van der Waals surface area contributed by atoms with E-state index in [0.717, 1.165) is 18.2 Å². The lowest BCUT2D eigenvalue weighted by atomic mass is 10.3. The third kappa shape index (κ3) is 9.80. The largest absolute Gasteiger partial charge is 0.353 e. The number of carbonyl (C=O) groups excluding carboxylic acids is 2. The van der Waals surface area contributed by atoms with E-state index in [-0.39, 0.29) is 17.2 Å². The molecule has 134 valence electrons. The summed E-state index contributed by atoms with van der Waals surface area (Å²) in [5.41, 5.74) is 0. The van der Waals surface area contributed by atoms with Crippen LogP contribution in [0, 0.1) is 0 Å². The molecule has 24 heavy (non-hydrogen) atoms. The molecule has 1 saturated heterocycles. The van der Waals surface area contributed by atoms with Crippen molar-refractivity contribution in [2.75, 3.05) is 13.1 Å². The Morgan fingerprint density at radius 1 is 1.50 bits per heavy atom. The molecule has 0 aromatic heterocycles. The Hall–Kier alpha value is -1.24. The zero-order valence-corrected chi connectivity index (χ0v) is 16.4. The summed E-state index contributed by atoms with van der Waals surface area (Å²) in [4.78, 5) is 27.3. The van der Waals surface area contributed by atoms with Gasteiger partial charge in [0.25, 0.3) is 5.91 Å². The Morgan fingerprint density at radius 2 is 2.17 bits per heavy atom. The first-order valence-electron chi connectivity index (χ1n) is 7.48. The molecule has 1 atom stereocenters. The first-order chi connectivity index (χ1) is 11.4. The molecule has 1 rings (SSSR count). The first-order valence-corrected chi connectivity index (χ1v) is 9.11. The molecule has 1 fully saturated rings. The number of alkyl halides is 1. The molecule has 1 heterocycles. The van der Waals surface area contributed by atoms with Gasteiger partial charge in [0.1, 0.15) is 0 Å². The molecule has 1 aliphatic rings. The quantitative estimate of drug-likeness (QED) is 0.413. The minimum absolute atomic E-state index is 0.171. The van der Waals surface area contributed by atoms with Crippen LogP contribution in [0.4, 0.5) is 0 Å². The van der Waals surface area contributed by atoms with E-state index in [1.54, 1.807) is 12.2 Å². The van der Waals surface area contributed by atoms with Crippen LogP contribution >= 0.6 is 35.0 Å². The highest BCUT2D eigenvalue weighted by molar-refractivity contribution is 8.18. The van der Waals surface area contributed by atoms with E-state index in [0.29, 0.717) is 28.2 Å². The average Bonchev–Trinajstić information content (AvgIpc) is 2.92. The van der Waals surface area contributed by atoms with Crippen LogP contribution in [0.1, 0.15) is 27.2 Å². The van der Waals surface area contributed by atoms with Crippen molar-refractivity contribution in [1.82, 2.24) is 10.6 Å². The fourth-order valence-electron chi connectivity index (χ4n) is 1.25. The molecule has 0 spiro atoms. The smallest absolute Gasteiger partial charge is 0.264 e. The van der Waals surface area contributed by atoms with E-state index >= 15 is 0 Å². The molecule has 0 aromatic rings. The summed E-state index contributed by atoms with van der Waals surface area (Å²) in [5.74, 6) is -0.607. The van der Waals surface area contributed by atoms with Crippen LogP contribution in [0.2, 0.25) is 0 Å². The lowest BCUT2D eigenvalue weighted by molar-refractivity contribution is -0.118. The minimum Gasteiger partial charge on any atom is -0.353 e. The van der Waals surface area contributed by atoms with E-state index in [9.17, 15) is 9.59 Å². The van der Waals surface area contributed by atoms with Gasteiger partial charge in [-0.1, -0.05) is 30.7 Å². The molecule has 5 nitrogen and oxygen atoms in total. The number of nitrogens with one attached hydrogen (secondary N) is 2. The fourth-order valence-corrected chi connectivity index (χ4v) is 2.10. The second-order valence-corrected chi connectivity index (χ2v) is 6.55. The van der Waals surface area contributed by atoms with Gasteiger partial charge >= 0.3 is 0 Å². The number of thioether (sulfide) groups is 1. The molecule has 2 N–H and O–H groups in total. The van der Waals surface area contributed by atoms with Crippen molar-refractivity contribution in [3.63, 3.8) is 0 Å². The molecule has 0 aliphatic carbocycles. The highest BCUT2D eigenvalue weighted by atomic mass is 35.5. The van der Waals surface area contributed by atoms with Gasteiger partial charge in [-0.2, -0.15) is 0 Å². The summed E-state index contributed by atoms with van der Waals surface area (Å²) in [5, 5.41) is 6.38. The summed E-state index contributed by atoms with van der Waals surface area (Å²) in [6.45, 7) is 9.98. The van der Waals surface area contributed by atoms with E-state index in [1.165, 1.54) is 6.08 Å². The Kier molecular flexibility index (Phi) is 12.4. The molecule has 2 amide bonds. The van der Waals surface area contributed by atoms with E-state index < -0.39 is 0 Å². The first kappa shape index (κ1) is 22.8. The third-order valence-electron chi connectivity index (χ3n) is 2.60. The van der Waals surface area contributed by atoms with Gasteiger partial charge in [0.05, 0.1) is 16.8 Å². The number of nitrogens with zero attached hydrogens (tertiary/aromatic N) is 1. The van der Waals surface area contributed by atoms with Gasteiger partial charge in [0, 0.05) is 17.7 Å². The monoisotopic (exact) mass is 391 g/mol. The van der Waals surface area contributed by atoms with Crippen molar-refractivity contribution in [2.45, 2.75) is 32.6 Å². The van der Waals surface area contributed by atoms with Gasteiger partial charge in [0.15, 0.2) is 5.17 Å². The van der Waals surface area contributed by atoms with Crippen molar-refractivity contribution in [3.8, 4) is 0 Å². The number of allylic oxidation sites excluding steroid dienone is 2. The topological polar surface area (TPSA) is 70.6 Å². The van der Waals surface area contributed by atoms with Crippen molar-refractivity contribution < 1.29 is 9.59 Å². The molecular weight excluding hydrogens is 369 g/mol. The highest BCUT2D eigenvalue weighted by Gasteiger charge is 2.24. The Labute approximate surface area is 157 Å². The maximum atomic E-state index is 11.5. The number of likely N-dealkylation sites (N-methyl/N-ethyl adjacent to an activating group) is 1. The second-order valence-electron chi connectivity index (χ2n) is 4.48. The summed E-state index contributed by atoms with van der Waals surface area (Å²) in [6.07, 6.45) is 5.72. The lowest BCUT2D eigenvalue weighted by Crippen LogP contribution is -2.23. The molecule has 0 saturated carbocycles. The number of aliphatic imine (C=N–C) groups is 1. The van der Waals surface area contributed by atoms with Gasteiger partial charge in [-0.15, -0.1) is 18.2 Å². The Bertz CT molecular complexity index is 545. The second kappa shape index (κ2) is 13.1. The summed E-state index contributed by atoms with van der Waals surface area (Å²) < 4.78 is 0. The zero-order chi connectivity index (χ0) is 18.5. The van der Waals surface area contributed by atoms with Crippen molar-refractivity contribution in [3.05, 3.63) is 34.7 Å². The lowest BCUT2D eigenvalue weighted by Gasteiger charge is -1.95. The number of carbonyl (C=O) groups is 2. The summed E-state index contributed by atoms with van der Waals surface area (Å²) >= 11 is 12.5. The van der Waals surface area contributed by atoms with Crippen LogP contribution in [0.5, 0.6) is 0 Å². The molecular formula is C16H23Cl2N3O2S. The molecule has 1 unspecified atom stereocenters. The number of halogens is 2. The predicted molar refractivity (Wildman–Crippen MR) is 105 cm³/mol. The van der Waals surface area contributed by atoms with Crippen molar-refractivity contribution >= 4 is 51.9 Å². The fraction of sp³-hybridized carbons (Fsp3) is 0.438. The van der Waals surface area contributed by atoms with E-state index in [1.807, 2.05) is 20.8 Å². The normalized spacial score (nSPS) is 18.7. The Balaban J connectivity index is 0.000000754. The number of hydrogen-bond acceptors (Lipinski definition) is 4. The van der Waals surface area contributed by atoms with Crippen LogP contribution in [0.3, 0.4) is 0 Å². The van der Waals surface area contributed by atoms with Crippen LogP contribution in [0.25, 0.3) is 0 Å². The maximum Gasteiger partial charge on any atom is 0.264 e. The molecule has 1 aliphatic heterocycles. The van der Waals surface area contributed by atoms with E-state index in [2.05, 4.69) is 22.2 Å². The third-order valence-corrected chi connectivity index (χ3v) is 4.37. The summed E-state index contributed by atoms with van der Waals surface area (Å²) in [7, 11) is 0.